The summed E-state index contributed by atoms with van der Waals surface area (Å²) in [5, 5.41) is 0. The third-order valence-electron chi connectivity index (χ3n) is 2.88. The fourth-order valence-electron chi connectivity index (χ4n) is 1.96. The Bertz CT molecular complexity index is 806. The number of hydrogen-bond donors (Lipinski definition) is 1. The van der Waals surface area contributed by atoms with Crippen LogP contribution in [0.4, 0.5) is 18.9 Å². The Kier molecular flexibility index (Phi) is 3.16. The monoisotopic (exact) mass is 356 g/mol. The van der Waals surface area contributed by atoms with Crippen LogP contribution in [-0.2, 0) is 6.18 Å². The van der Waals surface area contributed by atoms with Gasteiger partial charge < -0.3 is 10.2 Å². The molecule has 21 heavy (non-hydrogen) atoms. The van der Waals surface area contributed by atoms with Gasteiger partial charge in [0.1, 0.15) is 5.52 Å². The first kappa shape index (κ1) is 13.9. The Hall–Kier alpha value is -2.02. The summed E-state index contributed by atoms with van der Waals surface area (Å²) in [5.41, 5.74) is 6.49. The molecule has 0 aliphatic carbocycles. The minimum absolute atomic E-state index is 0.151. The van der Waals surface area contributed by atoms with E-state index in [1.807, 2.05) is 0 Å². The van der Waals surface area contributed by atoms with Crippen molar-refractivity contribution in [1.29, 1.82) is 0 Å². The van der Waals surface area contributed by atoms with Crippen LogP contribution in [0.1, 0.15) is 5.56 Å². The highest BCUT2D eigenvalue weighted by Crippen LogP contribution is 2.33. The second-order valence-electron chi connectivity index (χ2n) is 4.47. The summed E-state index contributed by atoms with van der Waals surface area (Å²) in [7, 11) is 0. The average molecular weight is 357 g/mol. The van der Waals surface area contributed by atoms with Crippen LogP contribution >= 0.6 is 15.9 Å². The maximum absolute atomic E-state index is 12.7. The summed E-state index contributed by atoms with van der Waals surface area (Å²) in [5.74, 6) is 0.220. The summed E-state index contributed by atoms with van der Waals surface area (Å²) in [6.45, 7) is 0. The van der Waals surface area contributed by atoms with Gasteiger partial charge in [0.2, 0.25) is 5.89 Å². The molecule has 0 aliphatic heterocycles. The van der Waals surface area contributed by atoms with E-state index in [9.17, 15) is 13.2 Å². The highest BCUT2D eigenvalue weighted by molar-refractivity contribution is 9.10. The van der Waals surface area contributed by atoms with Crippen molar-refractivity contribution < 1.29 is 17.6 Å². The number of oxazole rings is 1. The lowest BCUT2D eigenvalue weighted by atomic mass is 10.2. The molecule has 3 aromatic rings. The van der Waals surface area contributed by atoms with Crippen LogP contribution < -0.4 is 5.73 Å². The largest absolute Gasteiger partial charge is 0.436 e. The van der Waals surface area contributed by atoms with Gasteiger partial charge in [0, 0.05) is 15.7 Å². The number of nitrogen functional groups attached to an aromatic ring is 1. The zero-order chi connectivity index (χ0) is 15.2. The highest BCUT2D eigenvalue weighted by Gasteiger charge is 2.31. The molecule has 2 aromatic carbocycles. The Labute approximate surface area is 125 Å². The molecule has 0 bridgehead atoms. The number of hydrogen-bond acceptors (Lipinski definition) is 3. The second kappa shape index (κ2) is 4.77. The molecule has 7 heteroatoms. The number of halogens is 4. The third kappa shape index (κ3) is 2.73. The number of anilines is 1. The van der Waals surface area contributed by atoms with Crippen molar-refractivity contribution in [3.05, 3.63) is 46.4 Å². The summed E-state index contributed by atoms with van der Waals surface area (Å²) in [6, 6.07) is 8.26. The van der Waals surface area contributed by atoms with E-state index >= 15 is 0 Å². The van der Waals surface area contributed by atoms with Gasteiger partial charge in [-0.1, -0.05) is 15.9 Å². The summed E-state index contributed by atoms with van der Waals surface area (Å²) >= 11 is 3.29. The molecule has 0 fully saturated rings. The Morgan fingerprint density at radius 1 is 1.10 bits per heavy atom. The van der Waals surface area contributed by atoms with Crippen LogP contribution in [0.25, 0.3) is 22.6 Å². The fraction of sp³-hybridized carbons (Fsp3) is 0.0714. The third-order valence-corrected chi connectivity index (χ3v) is 3.34. The van der Waals surface area contributed by atoms with Crippen molar-refractivity contribution in [3.63, 3.8) is 0 Å². The molecule has 1 heterocycles. The molecule has 3 nitrogen and oxygen atoms in total. The molecule has 0 unspecified atom stereocenters. The molecule has 0 saturated heterocycles. The van der Waals surface area contributed by atoms with Crippen LogP contribution in [0.2, 0.25) is 0 Å². The molecule has 0 spiro atoms. The standard InChI is InChI=1S/C14H8BrF3N2O/c15-9-3-7(4-10(19)6-9)13-20-11-5-8(14(16,17)18)1-2-12(11)21-13/h1-6H,19H2. The number of nitrogens with zero attached hydrogens (tertiary/aromatic N) is 1. The van der Waals surface area contributed by atoms with E-state index in [0.717, 1.165) is 16.6 Å². The summed E-state index contributed by atoms with van der Waals surface area (Å²) in [4.78, 5) is 4.10. The lowest BCUT2D eigenvalue weighted by Gasteiger charge is -2.04. The van der Waals surface area contributed by atoms with Gasteiger partial charge in [-0.25, -0.2) is 4.98 Å². The van der Waals surface area contributed by atoms with E-state index in [-0.39, 0.29) is 17.0 Å². The van der Waals surface area contributed by atoms with Gasteiger partial charge in [0.15, 0.2) is 5.58 Å². The van der Waals surface area contributed by atoms with Crippen molar-refractivity contribution in [2.45, 2.75) is 6.18 Å². The van der Waals surface area contributed by atoms with E-state index in [1.54, 1.807) is 18.2 Å². The van der Waals surface area contributed by atoms with Gasteiger partial charge in [0.05, 0.1) is 5.56 Å². The number of alkyl halides is 3. The van der Waals surface area contributed by atoms with E-state index in [2.05, 4.69) is 20.9 Å². The van der Waals surface area contributed by atoms with Crippen molar-refractivity contribution in [1.82, 2.24) is 4.98 Å². The molecule has 0 atom stereocenters. The van der Waals surface area contributed by atoms with Crippen LogP contribution in [0.15, 0.2) is 45.3 Å². The molecule has 108 valence electrons. The summed E-state index contributed by atoms with van der Waals surface area (Å²) < 4.78 is 44.2. The Morgan fingerprint density at radius 3 is 2.52 bits per heavy atom. The maximum Gasteiger partial charge on any atom is 0.416 e. The number of fused-ring (bicyclic) bond motifs is 1. The lowest BCUT2D eigenvalue weighted by Crippen LogP contribution is -2.03. The minimum atomic E-state index is -4.41. The SMILES string of the molecule is Nc1cc(Br)cc(-c2nc3cc(C(F)(F)F)ccc3o2)c1. The molecule has 0 saturated carbocycles. The number of aromatic nitrogens is 1. The predicted octanol–water partition coefficient (Wildman–Crippen LogP) is 4.86. The number of benzene rings is 2. The van der Waals surface area contributed by atoms with Crippen molar-refractivity contribution >= 4 is 32.7 Å². The normalized spacial score (nSPS) is 12.0. The first-order valence-electron chi connectivity index (χ1n) is 5.87. The molecular weight excluding hydrogens is 349 g/mol. The molecule has 0 aliphatic rings. The van der Waals surface area contributed by atoms with Crippen LogP contribution in [0.3, 0.4) is 0 Å². The molecule has 2 N–H and O–H groups in total. The summed E-state index contributed by atoms with van der Waals surface area (Å²) in [6.07, 6.45) is -4.41. The van der Waals surface area contributed by atoms with Gasteiger partial charge in [-0.15, -0.1) is 0 Å². The predicted molar refractivity (Wildman–Crippen MR) is 76.6 cm³/mol. The van der Waals surface area contributed by atoms with Crippen molar-refractivity contribution in [3.8, 4) is 11.5 Å². The van der Waals surface area contributed by atoms with E-state index < -0.39 is 11.7 Å². The molecule has 3 rings (SSSR count). The first-order valence-corrected chi connectivity index (χ1v) is 6.66. The van der Waals surface area contributed by atoms with Gasteiger partial charge in [-0.2, -0.15) is 13.2 Å². The molecule has 1 aromatic heterocycles. The van der Waals surface area contributed by atoms with Crippen LogP contribution in [0.5, 0.6) is 0 Å². The second-order valence-corrected chi connectivity index (χ2v) is 5.39. The first-order chi connectivity index (χ1) is 9.83. The zero-order valence-corrected chi connectivity index (χ0v) is 12.0. The van der Waals surface area contributed by atoms with Crippen molar-refractivity contribution in [2.75, 3.05) is 5.73 Å². The number of rotatable bonds is 1. The molecular formula is C14H8BrF3N2O. The van der Waals surface area contributed by atoms with Crippen LogP contribution in [0, 0.1) is 0 Å². The van der Waals surface area contributed by atoms with Gasteiger partial charge in [-0.3, -0.25) is 0 Å². The smallest absolute Gasteiger partial charge is 0.416 e. The van der Waals surface area contributed by atoms with E-state index in [0.29, 0.717) is 11.3 Å². The van der Waals surface area contributed by atoms with Gasteiger partial charge >= 0.3 is 6.18 Å². The van der Waals surface area contributed by atoms with Crippen molar-refractivity contribution in [2.24, 2.45) is 0 Å². The topological polar surface area (TPSA) is 52.0 Å². The van der Waals surface area contributed by atoms with Crippen LogP contribution in [-0.4, -0.2) is 4.98 Å². The Balaban J connectivity index is 2.13. The van der Waals surface area contributed by atoms with E-state index in [1.165, 1.54) is 6.07 Å². The lowest BCUT2D eigenvalue weighted by molar-refractivity contribution is -0.137. The van der Waals surface area contributed by atoms with Gasteiger partial charge in [-0.05, 0) is 36.4 Å². The zero-order valence-electron chi connectivity index (χ0n) is 10.4. The maximum atomic E-state index is 12.7. The minimum Gasteiger partial charge on any atom is -0.436 e. The molecule has 0 radical (unpaired) electrons. The quantitative estimate of drug-likeness (QED) is 0.633. The Morgan fingerprint density at radius 2 is 1.86 bits per heavy atom. The highest BCUT2D eigenvalue weighted by atomic mass is 79.9. The number of nitrogens with two attached hydrogens (primary N) is 1. The fourth-order valence-corrected chi connectivity index (χ4v) is 2.47. The van der Waals surface area contributed by atoms with Gasteiger partial charge in [0.25, 0.3) is 0 Å². The van der Waals surface area contributed by atoms with E-state index in [4.69, 9.17) is 10.2 Å². The average Bonchev–Trinajstić information content (AvgIpc) is 2.79. The molecule has 0 amide bonds.